The van der Waals surface area contributed by atoms with Crippen LogP contribution in [0.2, 0.25) is 0 Å². The van der Waals surface area contributed by atoms with Gasteiger partial charge in [0.15, 0.2) is 0 Å². The summed E-state index contributed by atoms with van der Waals surface area (Å²) in [6.07, 6.45) is 1.19. The van der Waals surface area contributed by atoms with Crippen LogP contribution < -0.4 is 5.32 Å². The molecule has 0 radical (unpaired) electrons. The van der Waals surface area contributed by atoms with Gasteiger partial charge >= 0.3 is 5.97 Å². The maximum Gasteiger partial charge on any atom is 0.310 e. The van der Waals surface area contributed by atoms with Gasteiger partial charge in [-0.05, 0) is 43.7 Å². The highest BCUT2D eigenvalue weighted by molar-refractivity contribution is 9.10. The Labute approximate surface area is 132 Å². The number of carbonyl (C=O) groups is 2. The van der Waals surface area contributed by atoms with Gasteiger partial charge in [0.25, 0.3) is 0 Å². The van der Waals surface area contributed by atoms with E-state index < -0.39 is 11.4 Å². The van der Waals surface area contributed by atoms with E-state index in [1.54, 1.807) is 0 Å². The Kier molecular flexibility index (Phi) is 5.00. The third-order valence-corrected chi connectivity index (χ3v) is 4.59. The van der Waals surface area contributed by atoms with Gasteiger partial charge in [0.05, 0.1) is 12.0 Å². The van der Waals surface area contributed by atoms with Crippen LogP contribution in [0.25, 0.3) is 0 Å². The third-order valence-electron chi connectivity index (χ3n) is 4.06. The minimum Gasteiger partial charge on any atom is -0.481 e. The number of hydrogen-bond donors (Lipinski definition) is 2. The van der Waals surface area contributed by atoms with Crippen LogP contribution in [0.3, 0.4) is 0 Å². The molecule has 0 spiro atoms. The van der Waals surface area contributed by atoms with E-state index in [1.165, 1.54) is 0 Å². The molecule has 1 aliphatic rings. The summed E-state index contributed by atoms with van der Waals surface area (Å²) >= 11 is 3.34. The summed E-state index contributed by atoms with van der Waals surface area (Å²) in [5.74, 6) is -0.879. The van der Waals surface area contributed by atoms with Gasteiger partial charge in [-0.3, -0.25) is 14.5 Å². The van der Waals surface area contributed by atoms with Crippen molar-refractivity contribution in [2.45, 2.75) is 19.8 Å². The Morgan fingerprint density at radius 1 is 1.38 bits per heavy atom. The van der Waals surface area contributed by atoms with Crippen LogP contribution in [0.1, 0.15) is 19.8 Å². The lowest BCUT2D eigenvalue weighted by molar-refractivity contribution is -0.148. The van der Waals surface area contributed by atoms with E-state index in [0.29, 0.717) is 25.9 Å². The molecule has 1 amide bonds. The first-order chi connectivity index (χ1) is 9.95. The number of nitrogens with zero attached hydrogens (tertiary/aromatic N) is 1. The number of halogens is 1. The average Bonchev–Trinajstić information content (AvgIpc) is 2.86. The third kappa shape index (κ3) is 3.83. The molecule has 2 N–H and O–H groups in total. The first-order valence-corrected chi connectivity index (χ1v) is 7.76. The number of anilines is 1. The Bertz CT molecular complexity index is 532. The summed E-state index contributed by atoms with van der Waals surface area (Å²) in [5, 5.41) is 12.2. The Hall–Kier alpha value is -1.40. The van der Waals surface area contributed by atoms with Gasteiger partial charge < -0.3 is 10.4 Å². The van der Waals surface area contributed by atoms with Crippen molar-refractivity contribution in [1.29, 1.82) is 0 Å². The molecule has 1 saturated heterocycles. The number of amides is 1. The van der Waals surface area contributed by atoms with Crippen molar-refractivity contribution in [3.63, 3.8) is 0 Å². The second-order valence-corrected chi connectivity index (χ2v) is 6.37. The van der Waals surface area contributed by atoms with Gasteiger partial charge in [0.1, 0.15) is 0 Å². The van der Waals surface area contributed by atoms with Crippen LogP contribution in [0, 0.1) is 5.41 Å². The molecule has 0 bridgehead atoms. The first kappa shape index (κ1) is 16.0. The van der Waals surface area contributed by atoms with Crippen LogP contribution in [0.4, 0.5) is 5.69 Å². The van der Waals surface area contributed by atoms with Gasteiger partial charge in [0.2, 0.25) is 5.91 Å². The molecule has 6 heteroatoms. The quantitative estimate of drug-likeness (QED) is 0.852. The predicted octanol–water partition coefficient (Wildman–Crippen LogP) is 2.57. The number of hydrogen-bond acceptors (Lipinski definition) is 3. The van der Waals surface area contributed by atoms with Gasteiger partial charge in [0, 0.05) is 16.7 Å². The molecule has 0 aliphatic carbocycles. The van der Waals surface area contributed by atoms with Crippen molar-refractivity contribution in [3.8, 4) is 0 Å². The molecule has 1 aliphatic heterocycles. The highest BCUT2D eigenvalue weighted by Gasteiger charge is 2.43. The summed E-state index contributed by atoms with van der Waals surface area (Å²) < 4.78 is 0.953. The standard InChI is InChI=1S/C15H19BrN2O3/c1-2-15(14(20)21)7-8-18(10-15)9-13(19)17-12-5-3-11(16)4-6-12/h3-6H,2,7-10H2,1H3,(H,17,19)(H,20,21). The zero-order chi connectivity index (χ0) is 15.5. The molecule has 1 atom stereocenters. The summed E-state index contributed by atoms with van der Waals surface area (Å²) in [5.41, 5.74) is 0.0418. The van der Waals surface area contributed by atoms with Crippen molar-refractivity contribution >= 4 is 33.5 Å². The van der Waals surface area contributed by atoms with Gasteiger partial charge in [-0.25, -0.2) is 0 Å². The van der Waals surface area contributed by atoms with Crippen molar-refractivity contribution in [2.24, 2.45) is 5.41 Å². The highest BCUT2D eigenvalue weighted by atomic mass is 79.9. The zero-order valence-electron chi connectivity index (χ0n) is 11.9. The lowest BCUT2D eigenvalue weighted by atomic mass is 9.84. The minimum atomic E-state index is -0.763. The molecular weight excluding hydrogens is 336 g/mol. The van der Waals surface area contributed by atoms with Gasteiger partial charge in [-0.2, -0.15) is 0 Å². The highest BCUT2D eigenvalue weighted by Crippen LogP contribution is 2.33. The van der Waals surface area contributed by atoms with Crippen LogP contribution in [0.5, 0.6) is 0 Å². The van der Waals surface area contributed by atoms with Crippen molar-refractivity contribution in [1.82, 2.24) is 4.90 Å². The maximum absolute atomic E-state index is 12.0. The summed E-state index contributed by atoms with van der Waals surface area (Å²) in [6.45, 7) is 3.20. The predicted molar refractivity (Wildman–Crippen MR) is 84.2 cm³/mol. The van der Waals surface area contributed by atoms with E-state index >= 15 is 0 Å². The van der Waals surface area contributed by atoms with E-state index in [4.69, 9.17) is 0 Å². The number of nitrogens with one attached hydrogen (secondary N) is 1. The number of carbonyl (C=O) groups excluding carboxylic acids is 1. The number of aliphatic carboxylic acids is 1. The molecule has 1 aromatic rings. The lowest BCUT2D eigenvalue weighted by Crippen LogP contribution is -2.37. The molecule has 114 valence electrons. The monoisotopic (exact) mass is 354 g/mol. The minimum absolute atomic E-state index is 0.116. The zero-order valence-corrected chi connectivity index (χ0v) is 13.5. The van der Waals surface area contributed by atoms with Gasteiger partial charge in [-0.1, -0.05) is 22.9 Å². The fraction of sp³-hybridized carbons (Fsp3) is 0.467. The van der Waals surface area contributed by atoms with Crippen molar-refractivity contribution in [3.05, 3.63) is 28.7 Å². The molecule has 5 nitrogen and oxygen atoms in total. The number of benzene rings is 1. The van der Waals surface area contributed by atoms with E-state index in [0.717, 1.165) is 10.2 Å². The average molecular weight is 355 g/mol. The summed E-state index contributed by atoms with van der Waals surface area (Å²) in [4.78, 5) is 25.3. The van der Waals surface area contributed by atoms with E-state index in [-0.39, 0.29) is 12.5 Å². The topological polar surface area (TPSA) is 69.6 Å². The molecule has 1 fully saturated rings. The first-order valence-electron chi connectivity index (χ1n) is 6.96. The number of rotatable bonds is 5. The molecule has 1 unspecified atom stereocenters. The Balaban J connectivity index is 1.89. The molecule has 21 heavy (non-hydrogen) atoms. The largest absolute Gasteiger partial charge is 0.481 e. The number of likely N-dealkylation sites (tertiary alicyclic amines) is 1. The second-order valence-electron chi connectivity index (χ2n) is 5.45. The second kappa shape index (κ2) is 6.58. The van der Waals surface area contributed by atoms with E-state index in [9.17, 15) is 14.7 Å². The fourth-order valence-electron chi connectivity index (χ4n) is 2.64. The Morgan fingerprint density at radius 2 is 2.05 bits per heavy atom. The molecule has 1 aromatic carbocycles. The van der Waals surface area contributed by atoms with Crippen molar-refractivity contribution in [2.75, 3.05) is 25.0 Å². The summed E-state index contributed by atoms with van der Waals surface area (Å²) in [6, 6.07) is 7.36. The number of carboxylic acids is 1. The molecule has 1 heterocycles. The fourth-order valence-corrected chi connectivity index (χ4v) is 2.91. The van der Waals surface area contributed by atoms with Crippen LogP contribution in [-0.2, 0) is 9.59 Å². The molecule has 2 rings (SSSR count). The lowest BCUT2D eigenvalue weighted by Gasteiger charge is -2.22. The number of carboxylic acid groups (broad SMARTS) is 1. The normalized spacial score (nSPS) is 22.2. The Morgan fingerprint density at radius 3 is 2.57 bits per heavy atom. The van der Waals surface area contributed by atoms with Crippen LogP contribution >= 0.6 is 15.9 Å². The van der Waals surface area contributed by atoms with Gasteiger partial charge in [-0.15, -0.1) is 0 Å². The molecule has 0 aromatic heterocycles. The van der Waals surface area contributed by atoms with E-state index in [1.807, 2.05) is 36.1 Å². The van der Waals surface area contributed by atoms with Crippen LogP contribution in [-0.4, -0.2) is 41.5 Å². The van der Waals surface area contributed by atoms with Crippen LogP contribution in [0.15, 0.2) is 28.7 Å². The van der Waals surface area contributed by atoms with E-state index in [2.05, 4.69) is 21.2 Å². The molecule has 0 saturated carbocycles. The molecular formula is C15H19BrN2O3. The van der Waals surface area contributed by atoms with Crippen molar-refractivity contribution < 1.29 is 14.7 Å². The SMILES string of the molecule is CCC1(C(=O)O)CCN(CC(=O)Nc2ccc(Br)cc2)C1. The maximum atomic E-state index is 12.0. The smallest absolute Gasteiger partial charge is 0.310 e. The summed E-state index contributed by atoms with van der Waals surface area (Å²) in [7, 11) is 0.